The Morgan fingerprint density at radius 3 is 2.71 bits per heavy atom. The highest BCUT2D eigenvalue weighted by atomic mass is 16.5. The van der Waals surface area contributed by atoms with E-state index in [1.165, 1.54) is 6.20 Å². The Morgan fingerprint density at radius 2 is 2.21 bits per heavy atom. The Kier molecular flexibility index (Phi) is 2.06. The van der Waals surface area contributed by atoms with Crippen LogP contribution in [0.4, 0.5) is 5.69 Å². The summed E-state index contributed by atoms with van der Waals surface area (Å²) in [6.45, 7) is 0. The Morgan fingerprint density at radius 1 is 1.36 bits per heavy atom. The molecule has 5 heteroatoms. The number of pyridine rings is 1. The van der Waals surface area contributed by atoms with Gasteiger partial charge >= 0.3 is 0 Å². The number of nitrogen functional groups attached to an aromatic ring is 1. The molecule has 5 nitrogen and oxygen atoms in total. The Bertz CT molecular complexity index is 422. The van der Waals surface area contributed by atoms with Crippen molar-refractivity contribution in [3.63, 3.8) is 0 Å². The van der Waals surface area contributed by atoms with Crippen LogP contribution in [-0.4, -0.2) is 17.3 Å². The molecule has 2 rings (SSSR count). The molecule has 0 radical (unpaired) electrons. The zero-order chi connectivity index (χ0) is 9.97. The maximum atomic E-state index is 5.62. The normalized spacial score (nSPS) is 10.1. The van der Waals surface area contributed by atoms with E-state index in [9.17, 15) is 0 Å². The predicted molar refractivity (Wildman–Crippen MR) is 50.7 cm³/mol. The van der Waals surface area contributed by atoms with E-state index in [2.05, 4.69) is 10.1 Å². The average molecular weight is 191 g/mol. The molecule has 14 heavy (non-hydrogen) atoms. The van der Waals surface area contributed by atoms with Gasteiger partial charge in [-0.25, -0.2) is 4.98 Å². The van der Waals surface area contributed by atoms with Crippen molar-refractivity contribution in [1.82, 2.24) is 10.1 Å². The minimum Gasteiger partial charge on any atom is -0.495 e. The zero-order valence-electron chi connectivity index (χ0n) is 7.60. The van der Waals surface area contributed by atoms with Gasteiger partial charge in [0.2, 0.25) is 5.76 Å². The number of anilines is 1. The van der Waals surface area contributed by atoms with Gasteiger partial charge in [-0.1, -0.05) is 5.16 Å². The highest BCUT2D eigenvalue weighted by Gasteiger charge is 2.08. The van der Waals surface area contributed by atoms with E-state index < -0.39 is 0 Å². The number of methoxy groups -OCH3 is 1. The van der Waals surface area contributed by atoms with Crippen molar-refractivity contribution in [3.05, 3.63) is 24.5 Å². The number of rotatable bonds is 2. The largest absolute Gasteiger partial charge is 0.495 e. The van der Waals surface area contributed by atoms with Crippen LogP contribution in [0.15, 0.2) is 29.0 Å². The summed E-state index contributed by atoms with van der Waals surface area (Å²) in [6.07, 6.45) is 3.04. The van der Waals surface area contributed by atoms with Crippen molar-refractivity contribution in [2.75, 3.05) is 12.8 Å². The predicted octanol–water partition coefficient (Wildman–Crippen LogP) is 1.33. The second-order valence-electron chi connectivity index (χ2n) is 2.69. The fourth-order valence-electron chi connectivity index (χ4n) is 1.08. The zero-order valence-corrected chi connectivity index (χ0v) is 7.60. The molecule has 0 aliphatic rings. The van der Waals surface area contributed by atoms with E-state index in [1.54, 1.807) is 25.4 Å². The molecule has 0 amide bonds. The molecule has 0 aromatic carbocycles. The first-order valence-electron chi connectivity index (χ1n) is 4.02. The van der Waals surface area contributed by atoms with Crippen LogP contribution >= 0.6 is 0 Å². The summed E-state index contributed by atoms with van der Waals surface area (Å²) in [5, 5.41) is 3.57. The number of hydrogen-bond acceptors (Lipinski definition) is 5. The monoisotopic (exact) mass is 191 g/mol. The second-order valence-corrected chi connectivity index (χ2v) is 2.69. The molecule has 0 aliphatic heterocycles. The summed E-state index contributed by atoms with van der Waals surface area (Å²) in [4.78, 5) is 4.11. The second kappa shape index (κ2) is 3.37. The van der Waals surface area contributed by atoms with Gasteiger partial charge in [0.15, 0.2) is 0 Å². The molecule has 0 saturated carbocycles. The van der Waals surface area contributed by atoms with E-state index in [-0.39, 0.29) is 0 Å². The summed E-state index contributed by atoms with van der Waals surface area (Å²) in [7, 11) is 1.58. The molecule has 2 aromatic rings. The summed E-state index contributed by atoms with van der Waals surface area (Å²) in [5.74, 6) is 1.17. The number of nitrogens with two attached hydrogens (primary N) is 1. The van der Waals surface area contributed by atoms with Crippen LogP contribution in [0.25, 0.3) is 11.5 Å². The number of aromatic nitrogens is 2. The lowest BCUT2D eigenvalue weighted by Crippen LogP contribution is -1.89. The van der Waals surface area contributed by atoms with Crippen molar-refractivity contribution in [2.24, 2.45) is 0 Å². The van der Waals surface area contributed by atoms with Gasteiger partial charge in [0.25, 0.3) is 0 Å². The number of ether oxygens (including phenoxy) is 1. The lowest BCUT2D eigenvalue weighted by Gasteiger charge is -1.99. The molecule has 2 heterocycles. The summed E-state index contributed by atoms with van der Waals surface area (Å²) < 4.78 is 9.92. The molecule has 0 saturated heterocycles. The van der Waals surface area contributed by atoms with Crippen molar-refractivity contribution < 1.29 is 9.26 Å². The van der Waals surface area contributed by atoms with Crippen molar-refractivity contribution in [3.8, 4) is 17.2 Å². The Hall–Kier alpha value is -2.04. The fourth-order valence-corrected chi connectivity index (χ4v) is 1.08. The van der Waals surface area contributed by atoms with Gasteiger partial charge < -0.3 is 15.0 Å². The maximum absolute atomic E-state index is 5.62. The SMILES string of the molecule is COc1ccc(-c2oncc2N)nc1. The van der Waals surface area contributed by atoms with Crippen molar-refractivity contribution >= 4 is 5.69 Å². The highest BCUT2D eigenvalue weighted by molar-refractivity contribution is 5.66. The molecular weight excluding hydrogens is 182 g/mol. The van der Waals surface area contributed by atoms with Crippen molar-refractivity contribution in [1.29, 1.82) is 0 Å². The van der Waals surface area contributed by atoms with Gasteiger partial charge in [-0.15, -0.1) is 0 Å². The lowest BCUT2D eigenvalue weighted by molar-refractivity contribution is 0.412. The Labute approximate surface area is 80.5 Å². The molecule has 0 fully saturated rings. The van der Waals surface area contributed by atoms with Crippen LogP contribution in [0.5, 0.6) is 5.75 Å². The first-order valence-corrected chi connectivity index (χ1v) is 4.02. The number of hydrogen-bond donors (Lipinski definition) is 1. The van der Waals surface area contributed by atoms with Crippen LogP contribution < -0.4 is 10.5 Å². The van der Waals surface area contributed by atoms with Crippen LogP contribution in [0, 0.1) is 0 Å². The summed E-state index contributed by atoms with van der Waals surface area (Å²) in [6, 6.07) is 3.54. The van der Waals surface area contributed by atoms with Gasteiger partial charge in [0.1, 0.15) is 17.1 Å². The van der Waals surface area contributed by atoms with E-state index in [0.29, 0.717) is 22.9 Å². The van der Waals surface area contributed by atoms with Gasteiger partial charge in [0.05, 0.1) is 19.5 Å². The standard InChI is InChI=1S/C9H9N3O2/c1-13-6-2-3-8(11-4-6)9-7(10)5-12-14-9/h2-5H,10H2,1H3. The molecule has 0 unspecified atom stereocenters. The molecule has 2 N–H and O–H groups in total. The van der Waals surface area contributed by atoms with Crippen LogP contribution in [0.1, 0.15) is 0 Å². The molecule has 2 aromatic heterocycles. The Balaban J connectivity index is 2.39. The minimum atomic E-state index is 0.475. The first kappa shape index (κ1) is 8.55. The van der Waals surface area contributed by atoms with E-state index >= 15 is 0 Å². The van der Waals surface area contributed by atoms with Crippen molar-refractivity contribution in [2.45, 2.75) is 0 Å². The maximum Gasteiger partial charge on any atom is 0.208 e. The smallest absolute Gasteiger partial charge is 0.208 e. The van der Waals surface area contributed by atoms with Gasteiger partial charge in [-0.05, 0) is 12.1 Å². The summed E-state index contributed by atoms with van der Waals surface area (Å²) in [5.41, 5.74) is 6.73. The fraction of sp³-hybridized carbons (Fsp3) is 0.111. The lowest BCUT2D eigenvalue weighted by atomic mass is 10.2. The highest BCUT2D eigenvalue weighted by Crippen LogP contribution is 2.24. The minimum absolute atomic E-state index is 0.475. The average Bonchev–Trinajstić information content (AvgIpc) is 2.65. The van der Waals surface area contributed by atoms with Gasteiger partial charge in [-0.3, -0.25) is 0 Å². The third-order valence-electron chi connectivity index (χ3n) is 1.80. The number of nitrogens with zero attached hydrogens (tertiary/aromatic N) is 2. The van der Waals surface area contributed by atoms with E-state index in [0.717, 1.165) is 0 Å². The quantitative estimate of drug-likeness (QED) is 0.775. The topological polar surface area (TPSA) is 74.2 Å². The molecule has 72 valence electrons. The van der Waals surface area contributed by atoms with Crippen LogP contribution in [-0.2, 0) is 0 Å². The molecule has 0 atom stereocenters. The van der Waals surface area contributed by atoms with Crippen LogP contribution in [0.3, 0.4) is 0 Å². The molecular formula is C9H9N3O2. The van der Waals surface area contributed by atoms with Gasteiger partial charge in [0, 0.05) is 0 Å². The van der Waals surface area contributed by atoms with Gasteiger partial charge in [-0.2, -0.15) is 0 Å². The first-order chi connectivity index (χ1) is 6.81. The van der Waals surface area contributed by atoms with E-state index in [4.69, 9.17) is 15.0 Å². The molecule has 0 bridgehead atoms. The summed E-state index contributed by atoms with van der Waals surface area (Å²) >= 11 is 0. The molecule has 0 spiro atoms. The molecule has 0 aliphatic carbocycles. The van der Waals surface area contributed by atoms with E-state index in [1.807, 2.05) is 0 Å². The third kappa shape index (κ3) is 1.39. The third-order valence-corrected chi connectivity index (χ3v) is 1.80. The van der Waals surface area contributed by atoms with Crippen LogP contribution in [0.2, 0.25) is 0 Å².